The molecule has 3 nitrogen and oxygen atoms in total. The normalized spacial score (nSPS) is 14.5. The van der Waals surface area contributed by atoms with Crippen molar-refractivity contribution >= 4 is 27.2 Å². The Balaban J connectivity index is 0.00000176. The topological polar surface area (TPSA) is 52.8 Å². The average molecular weight is 346 g/mol. The van der Waals surface area contributed by atoms with Crippen molar-refractivity contribution in [3.63, 3.8) is 0 Å². The van der Waals surface area contributed by atoms with Crippen molar-refractivity contribution in [3.05, 3.63) is 63.6 Å². The molecule has 0 aromatic heterocycles. The maximum atomic E-state index is 10.1. The number of benzene rings is 2. The molecule has 4 heteroatoms. The molecule has 0 radical (unpaired) electrons. The maximum Gasteiger partial charge on any atom is 0.128 e. The Labute approximate surface area is 132 Å². The summed E-state index contributed by atoms with van der Waals surface area (Å²) in [5.41, 5.74) is 4.69. The van der Waals surface area contributed by atoms with E-state index in [-0.39, 0.29) is 12.9 Å². The van der Waals surface area contributed by atoms with Gasteiger partial charge >= 0.3 is 0 Å². The van der Waals surface area contributed by atoms with E-state index in [1.807, 2.05) is 31.2 Å². The van der Waals surface area contributed by atoms with Crippen molar-refractivity contribution in [1.82, 2.24) is 0 Å². The number of hydrogen-bond acceptors (Lipinski definition) is 3. The number of nitrogens with zero attached hydrogens (tertiary/aromatic N) is 1. The van der Waals surface area contributed by atoms with Crippen LogP contribution in [-0.2, 0) is 0 Å². The monoisotopic (exact) mass is 345 g/mol. The Morgan fingerprint density at radius 3 is 2.48 bits per heavy atom. The van der Waals surface area contributed by atoms with E-state index in [4.69, 9.17) is 0 Å². The Hall–Kier alpha value is -2.07. The molecule has 0 amide bonds. The van der Waals surface area contributed by atoms with Crippen LogP contribution in [0.15, 0.2) is 57.5 Å². The van der Waals surface area contributed by atoms with Gasteiger partial charge in [0.1, 0.15) is 11.5 Å². The van der Waals surface area contributed by atoms with E-state index in [0.29, 0.717) is 12.1 Å². The van der Waals surface area contributed by atoms with Crippen LogP contribution in [0.2, 0.25) is 0 Å². The quantitative estimate of drug-likeness (QED) is 0.848. The van der Waals surface area contributed by atoms with E-state index in [0.717, 1.165) is 21.3 Å². The summed E-state index contributed by atoms with van der Waals surface area (Å²) < 4.78 is 1.02. The molecule has 1 aliphatic heterocycles. The van der Waals surface area contributed by atoms with E-state index >= 15 is 0 Å². The number of hydrogen-bond donors (Lipinski definition) is 2. The Morgan fingerprint density at radius 1 is 1.10 bits per heavy atom. The number of halogens is 1. The van der Waals surface area contributed by atoms with Gasteiger partial charge in [-0.2, -0.15) is 0 Å². The van der Waals surface area contributed by atoms with Gasteiger partial charge in [0.25, 0.3) is 0 Å². The molecule has 1 aliphatic rings. The maximum absolute atomic E-state index is 10.1. The summed E-state index contributed by atoms with van der Waals surface area (Å²) >= 11 is 3.43. The molecule has 0 fully saturated rings. The molecule has 0 spiro atoms. The van der Waals surface area contributed by atoms with Gasteiger partial charge in [0.15, 0.2) is 0 Å². The van der Waals surface area contributed by atoms with Crippen LogP contribution in [0.3, 0.4) is 0 Å². The molecule has 0 unspecified atom stereocenters. The third-order valence-electron chi connectivity index (χ3n) is 3.51. The molecule has 1 heterocycles. The fourth-order valence-corrected chi connectivity index (χ4v) is 2.76. The van der Waals surface area contributed by atoms with Gasteiger partial charge in [-0.3, -0.25) is 4.99 Å². The Kier molecular flexibility index (Phi) is 3.55. The van der Waals surface area contributed by atoms with Crippen LogP contribution in [0.5, 0.6) is 11.5 Å². The number of allylic oxidation sites excluding steroid dienone is 1. The van der Waals surface area contributed by atoms with Crippen LogP contribution >= 0.6 is 15.9 Å². The van der Waals surface area contributed by atoms with Crippen molar-refractivity contribution < 1.29 is 11.6 Å². The summed E-state index contributed by atoms with van der Waals surface area (Å²) in [5.74, 6) is 0.0822. The molecule has 0 atom stereocenters. The smallest absolute Gasteiger partial charge is 0.128 e. The molecule has 0 saturated heterocycles. The third kappa shape index (κ3) is 2.59. The minimum absolute atomic E-state index is 0. The van der Waals surface area contributed by atoms with Gasteiger partial charge in [-0.05, 0) is 42.3 Å². The van der Waals surface area contributed by atoms with Gasteiger partial charge in [-0.1, -0.05) is 28.1 Å². The second-order valence-electron chi connectivity index (χ2n) is 5.03. The first kappa shape index (κ1) is 13.9. The molecule has 0 aliphatic carbocycles. The summed E-state index contributed by atoms with van der Waals surface area (Å²) in [6.07, 6.45) is 0. The summed E-state index contributed by atoms with van der Waals surface area (Å²) in [5, 5.41) is 19.5. The zero-order valence-corrected chi connectivity index (χ0v) is 13.1. The van der Waals surface area contributed by atoms with E-state index in [1.165, 1.54) is 11.6 Å². The Morgan fingerprint density at radius 2 is 1.81 bits per heavy atom. The van der Waals surface area contributed by atoms with Crippen molar-refractivity contribution in [2.75, 3.05) is 6.54 Å². The molecule has 3 rings (SSSR count). The predicted octanol–water partition coefficient (Wildman–Crippen LogP) is 4.38. The Bertz CT molecular complexity index is 767. The highest BCUT2D eigenvalue weighted by molar-refractivity contribution is 9.10. The minimum Gasteiger partial charge on any atom is -0.508 e. The summed E-state index contributed by atoms with van der Waals surface area (Å²) in [4.78, 5) is 4.55. The molecule has 0 saturated carbocycles. The fraction of sp³-hybridized carbons (Fsp3) is 0.118. The number of phenolic OH excluding ortho intramolecular Hbond substituents is 2. The predicted molar refractivity (Wildman–Crippen MR) is 90.0 cm³/mol. The van der Waals surface area contributed by atoms with Crippen LogP contribution in [0.1, 0.15) is 19.5 Å². The van der Waals surface area contributed by atoms with Crippen molar-refractivity contribution in [3.8, 4) is 11.5 Å². The largest absolute Gasteiger partial charge is 0.508 e. The van der Waals surface area contributed by atoms with Crippen LogP contribution in [0.4, 0.5) is 0 Å². The molecule has 0 bridgehead atoms. The van der Waals surface area contributed by atoms with E-state index in [9.17, 15) is 10.2 Å². The molecular formula is C17H16BrNO2. The number of phenols is 2. The van der Waals surface area contributed by atoms with Crippen LogP contribution in [0, 0.1) is 0 Å². The summed E-state index contributed by atoms with van der Waals surface area (Å²) in [6, 6.07) is 12.6. The molecule has 2 N–H and O–H groups in total. The second-order valence-corrected chi connectivity index (χ2v) is 5.94. The zero-order valence-electron chi connectivity index (χ0n) is 11.5. The van der Waals surface area contributed by atoms with Crippen molar-refractivity contribution in [2.24, 2.45) is 4.99 Å². The zero-order chi connectivity index (χ0) is 15.0. The van der Waals surface area contributed by atoms with Crippen molar-refractivity contribution in [1.29, 1.82) is 0 Å². The average Bonchev–Trinajstić information content (AvgIpc) is 2.82. The highest BCUT2D eigenvalue weighted by atomic mass is 79.9. The van der Waals surface area contributed by atoms with Gasteiger partial charge < -0.3 is 10.2 Å². The number of rotatable bonds is 2. The van der Waals surface area contributed by atoms with Crippen LogP contribution in [0.25, 0.3) is 5.57 Å². The summed E-state index contributed by atoms with van der Waals surface area (Å²) in [6.45, 7) is 2.67. The van der Waals surface area contributed by atoms with E-state index < -0.39 is 0 Å². The van der Waals surface area contributed by atoms with Gasteiger partial charge in [-0.25, -0.2) is 0 Å². The first-order valence-corrected chi connectivity index (χ1v) is 7.38. The van der Waals surface area contributed by atoms with Gasteiger partial charge in [0.2, 0.25) is 0 Å². The molecule has 2 aromatic carbocycles. The first-order chi connectivity index (χ1) is 10.1. The van der Waals surface area contributed by atoms with E-state index in [1.54, 1.807) is 12.1 Å². The van der Waals surface area contributed by atoms with Gasteiger partial charge in [-0.15, -0.1) is 0 Å². The second kappa shape index (κ2) is 5.37. The lowest BCUT2D eigenvalue weighted by atomic mass is 9.93. The standard InChI is InChI=1S/C17H14BrNO2.H2/c1-10-9-19-17(14-7-6-13(20)8-15(14)21)16(10)11-2-4-12(18)5-3-11;/h2-8,20-21H,9H2,1H3;1H. The first-order valence-electron chi connectivity index (χ1n) is 6.59. The lowest BCUT2D eigenvalue weighted by Crippen LogP contribution is -2.02. The lowest BCUT2D eigenvalue weighted by Gasteiger charge is -2.11. The number of aliphatic imine (C=N–C) groups is 1. The lowest BCUT2D eigenvalue weighted by molar-refractivity contribution is 0.450. The van der Waals surface area contributed by atoms with Gasteiger partial charge in [0, 0.05) is 23.1 Å². The SMILES string of the molecule is CC1=C(c2ccc(Br)cc2)C(c2ccc(O)cc2O)=NC1.[HH]. The van der Waals surface area contributed by atoms with Crippen LogP contribution < -0.4 is 0 Å². The highest BCUT2D eigenvalue weighted by Gasteiger charge is 2.22. The van der Waals surface area contributed by atoms with Crippen molar-refractivity contribution in [2.45, 2.75) is 6.92 Å². The molecule has 2 aromatic rings. The highest BCUT2D eigenvalue weighted by Crippen LogP contribution is 2.34. The molecule has 108 valence electrons. The third-order valence-corrected chi connectivity index (χ3v) is 4.04. The minimum atomic E-state index is 0. The van der Waals surface area contributed by atoms with Gasteiger partial charge in [0.05, 0.1) is 12.3 Å². The molecular weight excluding hydrogens is 330 g/mol. The van der Waals surface area contributed by atoms with Crippen LogP contribution in [-0.4, -0.2) is 22.5 Å². The summed E-state index contributed by atoms with van der Waals surface area (Å²) in [7, 11) is 0. The van der Waals surface area contributed by atoms with E-state index in [2.05, 4.69) is 20.9 Å². The number of aromatic hydroxyl groups is 2. The fourth-order valence-electron chi connectivity index (χ4n) is 2.50. The molecule has 21 heavy (non-hydrogen) atoms.